The van der Waals surface area contributed by atoms with Crippen molar-refractivity contribution in [2.75, 3.05) is 39.9 Å². The molecule has 2 aliphatic rings. The Morgan fingerprint density at radius 2 is 1.86 bits per heavy atom. The number of rotatable bonds is 11. The topological polar surface area (TPSA) is 152 Å². The summed E-state index contributed by atoms with van der Waals surface area (Å²) in [5.41, 5.74) is 0.965. The van der Waals surface area contributed by atoms with E-state index in [0.717, 1.165) is 5.69 Å². The molecule has 14 heteroatoms. The van der Waals surface area contributed by atoms with Gasteiger partial charge in [-0.25, -0.2) is 26.2 Å². The van der Waals surface area contributed by atoms with Gasteiger partial charge in [-0.05, 0) is 57.5 Å². The van der Waals surface area contributed by atoms with Gasteiger partial charge in [0.05, 0.1) is 34.7 Å². The van der Waals surface area contributed by atoms with Crippen molar-refractivity contribution >= 4 is 20.0 Å². The van der Waals surface area contributed by atoms with Crippen LogP contribution in [0.15, 0.2) is 70.6 Å². The molecule has 42 heavy (non-hydrogen) atoms. The third-order valence-corrected chi connectivity index (χ3v) is 11.3. The largest absolute Gasteiger partial charge is 0.491 e. The maximum Gasteiger partial charge on any atom is 0.246 e. The molecule has 2 saturated heterocycles. The number of aromatic nitrogens is 2. The highest BCUT2D eigenvalue weighted by atomic mass is 32.2. The molecule has 0 amide bonds. The van der Waals surface area contributed by atoms with Gasteiger partial charge in [0.15, 0.2) is 0 Å². The zero-order chi connectivity index (χ0) is 30.0. The van der Waals surface area contributed by atoms with E-state index in [1.807, 2.05) is 30.3 Å². The smallest absolute Gasteiger partial charge is 0.246 e. The van der Waals surface area contributed by atoms with Crippen molar-refractivity contribution in [1.82, 2.24) is 24.1 Å². The second-order valence-electron chi connectivity index (χ2n) is 10.7. The van der Waals surface area contributed by atoms with Crippen LogP contribution in [0.2, 0.25) is 0 Å². The lowest BCUT2D eigenvalue weighted by atomic mass is 9.88. The summed E-state index contributed by atoms with van der Waals surface area (Å²) < 4.78 is 68.2. The van der Waals surface area contributed by atoms with Crippen molar-refractivity contribution in [2.24, 2.45) is 0 Å². The van der Waals surface area contributed by atoms with Crippen LogP contribution in [-0.2, 0) is 24.8 Å². The minimum absolute atomic E-state index is 0.0120. The molecule has 3 aromatic rings. The van der Waals surface area contributed by atoms with Crippen molar-refractivity contribution in [2.45, 2.75) is 53.7 Å². The minimum Gasteiger partial charge on any atom is -0.491 e. The maximum atomic E-state index is 13.5. The quantitative estimate of drug-likeness (QED) is 0.289. The summed E-state index contributed by atoms with van der Waals surface area (Å²) in [4.78, 5) is 0.292. The van der Waals surface area contributed by atoms with Gasteiger partial charge in [-0.1, -0.05) is 24.3 Å². The Morgan fingerprint density at radius 3 is 2.57 bits per heavy atom. The molecular formula is C28H37N5O7S2. The zero-order valence-corrected chi connectivity index (χ0v) is 25.3. The highest BCUT2D eigenvalue weighted by Gasteiger charge is 2.45. The Kier molecular flexibility index (Phi) is 9.04. The summed E-state index contributed by atoms with van der Waals surface area (Å²) in [5, 5.41) is 18.1. The predicted molar refractivity (Wildman–Crippen MR) is 156 cm³/mol. The number of ether oxygens (including phenoxy) is 2. The molecule has 228 valence electrons. The molecule has 3 N–H and O–H groups in total. The van der Waals surface area contributed by atoms with E-state index in [-0.39, 0.29) is 29.0 Å². The van der Waals surface area contributed by atoms with E-state index in [1.165, 1.54) is 29.7 Å². The van der Waals surface area contributed by atoms with Gasteiger partial charge in [0.2, 0.25) is 20.0 Å². The monoisotopic (exact) mass is 619 g/mol. The zero-order valence-electron chi connectivity index (χ0n) is 23.6. The summed E-state index contributed by atoms with van der Waals surface area (Å²) in [6.07, 6.45) is 2.47. The molecule has 2 aliphatic heterocycles. The number of para-hydroxylation sites is 1. The van der Waals surface area contributed by atoms with E-state index >= 15 is 0 Å². The number of hydrogen-bond donors (Lipinski definition) is 3. The standard InChI is InChI=1S/C28H37N5O7S2/c1-21-27(18-31-33(21)23-7-4-3-5-8-23)42(37,38)32-13-11-28(12-14-32)16-22(19-40-28)30-17-24(34)20-39-25-9-6-10-26(15-25)41(35,36)29-2/h3-10,15,18,22,24,29-30,34H,11-14,16-17,19-20H2,1-2H3/t22-,24+/m1/s1. The van der Waals surface area contributed by atoms with Crippen LogP contribution in [0.25, 0.3) is 5.69 Å². The normalized spacial score (nSPS) is 20.1. The lowest BCUT2D eigenvalue weighted by molar-refractivity contribution is -0.0312. The average molecular weight is 620 g/mol. The summed E-state index contributed by atoms with van der Waals surface area (Å²) in [6, 6.07) is 15.5. The first-order chi connectivity index (χ1) is 20.0. The molecule has 0 bridgehead atoms. The number of nitrogens with zero attached hydrogens (tertiary/aromatic N) is 3. The van der Waals surface area contributed by atoms with E-state index in [1.54, 1.807) is 23.7 Å². The molecule has 2 atom stereocenters. The fourth-order valence-electron chi connectivity index (χ4n) is 5.48. The minimum atomic E-state index is -3.71. The summed E-state index contributed by atoms with van der Waals surface area (Å²) >= 11 is 0. The first-order valence-corrected chi connectivity index (χ1v) is 16.8. The molecule has 1 spiro atoms. The van der Waals surface area contributed by atoms with E-state index < -0.39 is 31.8 Å². The van der Waals surface area contributed by atoms with Crippen molar-refractivity contribution in [3.05, 3.63) is 66.5 Å². The fourth-order valence-corrected chi connectivity index (χ4v) is 7.82. The third-order valence-electron chi connectivity index (χ3n) is 7.90. The maximum absolute atomic E-state index is 13.5. The summed E-state index contributed by atoms with van der Waals surface area (Å²) in [6.45, 7) is 3.19. The highest BCUT2D eigenvalue weighted by molar-refractivity contribution is 7.89. The Balaban J connectivity index is 1.10. The van der Waals surface area contributed by atoms with Crippen LogP contribution in [0.5, 0.6) is 5.75 Å². The van der Waals surface area contributed by atoms with E-state index in [2.05, 4.69) is 15.1 Å². The van der Waals surface area contributed by atoms with Gasteiger partial charge in [-0.15, -0.1) is 0 Å². The highest BCUT2D eigenvalue weighted by Crippen LogP contribution is 2.37. The van der Waals surface area contributed by atoms with E-state index in [9.17, 15) is 21.9 Å². The molecule has 0 unspecified atom stereocenters. The molecule has 5 rings (SSSR count). The Hall–Kier alpha value is -2.85. The van der Waals surface area contributed by atoms with Gasteiger partial charge in [-0.2, -0.15) is 9.40 Å². The number of piperidine rings is 1. The number of benzene rings is 2. The second-order valence-corrected chi connectivity index (χ2v) is 14.5. The first kappa shape index (κ1) is 30.6. The van der Waals surface area contributed by atoms with Crippen LogP contribution in [0, 0.1) is 6.92 Å². The number of nitrogens with one attached hydrogen (secondary N) is 2. The lowest BCUT2D eigenvalue weighted by Gasteiger charge is -2.38. The fraction of sp³-hybridized carbons (Fsp3) is 0.464. The SMILES string of the molecule is CNS(=O)(=O)c1cccc(OC[C@@H](O)CN[C@H]2COC3(CCN(S(=O)(=O)c4cnn(-c5ccccc5)c4C)CC3)C2)c1. The summed E-state index contributed by atoms with van der Waals surface area (Å²) in [7, 11) is -5.96. The van der Waals surface area contributed by atoms with Crippen molar-refractivity contribution < 1.29 is 31.4 Å². The molecule has 0 saturated carbocycles. The van der Waals surface area contributed by atoms with Gasteiger partial charge in [-0.3, -0.25) is 0 Å². The first-order valence-electron chi connectivity index (χ1n) is 13.8. The average Bonchev–Trinajstić information content (AvgIpc) is 3.59. The van der Waals surface area contributed by atoms with Gasteiger partial charge < -0.3 is 19.9 Å². The molecule has 2 aromatic carbocycles. The van der Waals surface area contributed by atoms with Crippen LogP contribution < -0.4 is 14.8 Å². The molecule has 3 heterocycles. The third kappa shape index (κ3) is 6.54. The van der Waals surface area contributed by atoms with Gasteiger partial charge >= 0.3 is 0 Å². The Morgan fingerprint density at radius 1 is 1.12 bits per heavy atom. The molecule has 12 nitrogen and oxygen atoms in total. The lowest BCUT2D eigenvalue weighted by Crippen LogP contribution is -2.47. The van der Waals surface area contributed by atoms with Crippen LogP contribution in [0.1, 0.15) is 25.0 Å². The molecular weight excluding hydrogens is 582 g/mol. The molecule has 0 radical (unpaired) electrons. The van der Waals surface area contributed by atoms with E-state index in [4.69, 9.17) is 9.47 Å². The number of aliphatic hydroxyl groups excluding tert-OH is 1. The van der Waals surface area contributed by atoms with Crippen LogP contribution in [0.4, 0.5) is 0 Å². The molecule has 0 aliphatic carbocycles. The van der Waals surface area contributed by atoms with Crippen molar-refractivity contribution in [3.63, 3.8) is 0 Å². The molecule has 2 fully saturated rings. The van der Waals surface area contributed by atoms with Gasteiger partial charge in [0, 0.05) is 31.7 Å². The number of sulfonamides is 2. The van der Waals surface area contributed by atoms with Crippen molar-refractivity contribution in [3.8, 4) is 11.4 Å². The van der Waals surface area contributed by atoms with Crippen LogP contribution >= 0.6 is 0 Å². The van der Waals surface area contributed by atoms with Crippen molar-refractivity contribution in [1.29, 1.82) is 0 Å². The second kappa shape index (κ2) is 12.4. The van der Waals surface area contributed by atoms with Gasteiger partial charge in [0.1, 0.15) is 23.4 Å². The van der Waals surface area contributed by atoms with Crippen LogP contribution in [0.3, 0.4) is 0 Å². The van der Waals surface area contributed by atoms with Gasteiger partial charge in [0.25, 0.3) is 0 Å². The Bertz CT molecular complexity index is 1590. The molecule has 1 aromatic heterocycles. The number of hydrogen-bond acceptors (Lipinski definition) is 9. The predicted octanol–water partition coefficient (Wildman–Crippen LogP) is 1.43. The Labute approximate surface area is 246 Å². The van der Waals surface area contributed by atoms with E-state index in [0.29, 0.717) is 50.4 Å². The van der Waals surface area contributed by atoms with Crippen LogP contribution in [-0.4, -0.2) is 93.7 Å². The summed E-state index contributed by atoms with van der Waals surface area (Å²) in [5.74, 6) is 0.345. The number of aliphatic hydroxyl groups is 1.